The highest BCUT2D eigenvalue weighted by Crippen LogP contribution is 2.23. The van der Waals surface area contributed by atoms with Crippen molar-refractivity contribution in [2.24, 2.45) is 11.7 Å². The minimum atomic E-state index is 0.664. The van der Waals surface area contributed by atoms with Crippen LogP contribution in [0.5, 0.6) is 0 Å². The molecular weight excluding hydrogens is 162 g/mol. The Labute approximate surface area is 78.7 Å². The van der Waals surface area contributed by atoms with Crippen molar-refractivity contribution in [3.63, 3.8) is 0 Å². The molecule has 3 heteroatoms. The fourth-order valence-corrected chi connectivity index (χ4v) is 1.98. The summed E-state index contributed by atoms with van der Waals surface area (Å²) in [6.07, 6.45) is 4.41. The van der Waals surface area contributed by atoms with Gasteiger partial charge >= 0.3 is 0 Å². The number of imidazole rings is 1. The van der Waals surface area contributed by atoms with Crippen LogP contribution < -0.4 is 5.73 Å². The average molecular weight is 179 g/mol. The molecule has 1 aromatic heterocycles. The molecule has 0 aliphatic heterocycles. The average Bonchev–Trinajstić information content (AvgIpc) is 2.58. The largest absolute Gasteiger partial charge is 0.346 e. The van der Waals surface area contributed by atoms with E-state index in [0.29, 0.717) is 5.92 Å². The number of aryl methyl sites for hydroxylation is 2. The Morgan fingerprint density at radius 2 is 2.46 bits per heavy atom. The second kappa shape index (κ2) is 3.50. The van der Waals surface area contributed by atoms with Crippen LogP contribution in [0.4, 0.5) is 0 Å². The zero-order chi connectivity index (χ0) is 9.26. The van der Waals surface area contributed by atoms with Crippen LogP contribution in [-0.4, -0.2) is 16.5 Å². The predicted molar refractivity (Wildman–Crippen MR) is 52.5 cm³/mol. The van der Waals surface area contributed by atoms with E-state index in [4.69, 9.17) is 5.73 Å². The molecule has 0 aromatic carbocycles. The van der Waals surface area contributed by atoms with Crippen molar-refractivity contribution in [1.82, 2.24) is 9.97 Å². The van der Waals surface area contributed by atoms with Gasteiger partial charge in [-0.2, -0.15) is 0 Å². The number of fused-ring (bicyclic) bond motifs is 1. The Kier molecular flexibility index (Phi) is 2.36. The van der Waals surface area contributed by atoms with Gasteiger partial charge < -0.3 is 10.7 Å². The van der Waals surface area contributed by atoms with Crippen molar-refractivity contribution in [1.29, 1.82) is 0 Å². The lowest BCUT2D eigenvalue weighted by atomic mass is 9.90. The molecule has 1 aliphatic carbocycles. The van der Waals surface area contributed by atoms with Crippen LogP contribution in [0.2, 0.25) is 0 Å². The molecule has 3 nitrogen and oxygen atoms in total. The fraction of sp³-hybridized carbons (Fsp3) is 0.700. The molecule has 72 valence electrons. The Morgan fingerprint density at radius 1 is 1.62 bits per heavy atom. The SMILES string of the molecule is CCc1nc2c([nH]1)CC(CN)CC2. The first-order chi connectivity index (χ1) is 6.33. The van der Waals surface area contributed by atoms with Crippen LogP contribution in [0.15, 0.2) is 0 Å². The molecule has 1 aliphatic rings. The van der Waals surface area contributed by atoms with Gasteiger partial charge in [0.05, 0.1) is 5.69 Å². The fourth-order valence-electron chi connectivity index (χ4n) is 1.98. The molecule has 1 unspecified atom stereocenters. The van der Waals surface area contributed by atoms with Gasteiger partial charge in [-0.05, 0) is 31.7 Å². The van der Waals surface area contributed by atoms with Gasteiger partial charge in [0, 0.05) is 12.1 Å². The summed E-state index contributed by atoms with van der Waals surface area (Å²) in [5.41, 5.74) is 8.28. The first-order valence-electron chi connectivity index (χ1n) is 5.10. The minimum absolute atomic E-state index is 0.664. The molecule has 13 heavy (non-hydrogen) atoms. The van der Waals surface area contributed by atoms with Crippen molar-refractivity contribution in [3.05, 3.63) is 17.2 Å². The zero-order valence-corrected chi connectivity index (χ0v) is 8.14. The first-order valence-corrected chi connectivity index (χ1v) is 5.10. The van der Waals surface area contributed by atoms with Gasteiger partial charge in [0.1, 0.15) is 5.82 Å². The molecule has 0 bridgehead atoms. The molecular formula is C10H17N3. The Bertz CT molecular complexity index is 290. The summed E-state index contributed by atoms with van der Waals surface area (Å²) in [6, 6.07) is 0. The number of H-pyrrole nitrogens is 1. The van der Waals surface area contributed by atoms with Crippen molar-refractivity contribution >= 4 is 0 Å². The second-order valence-corrected chi connectivity index (χ2v) is 3.81. The summed E-state index contributed by atoms with van der Waals surface area (Å²) in [7, 11) is 0. The Balaban J connectivity index is 2.19. The lowest BCUT2D eigenvalue weighted by molar-refractivity contribution is 0.461. The molecule has 0 fully saturated rings. The molecule has 0 radical (unpaired) electrons. The van der Waals surface area contributed by atoms with E-state index in [0.717, 1.165) is 31.6 Å². The standard InChI is InChI=1S/C10H17N3/c1-2-10-12-8-4-3-7(6-11)5-9(8)13-10/h7H,2-6,11H2,1H3,(H,12,13). The van der Waals surface area contributed by atoms with Crippen molar-refractivity contribution in [3.8, 4) is 0 Å². The van der Waals surface area contributed by atoms with Gasteiger partial charge in [-0.3, -0.25) is 0 Å². The molecule has 0 amide bonds. The summed E-state index contributed by atoms with van der Waals surface area (Å²) in [6.45, 7) is 2.94. The summed E-state index contributed by atoms with van der Waals surface area (Å²) in [4.78, 5) is 7.92. The van der Waals surface area contributed by atoms with E-state index in [2.05, 4.69) is 16.9 Å². The van der Waals surface area contributed by atoms with Crippen LogP contribution >= 0.6 is 0 Å². The van der Waals surface area contributed by atoms with E-state index < -0.39 is 0 Å². The number of nitrogens with zero attached hydrogens (tertiary/aromatic N) is 1. The number of nitrogens with two attached hydrogens (primary N) is 1. The van der Waals surface area contributed by atoms with E-state index in [-0.39, 0.29) is 0 Å². The number of hydrogen-bond donors (Lipinski definition) is 2. The Morgan fingerprint density at radius 3 is 3.15 bits per heavy atom. The van der Waals surface area contributed by atoms with Gasteiger partial charge in [0.25, 0.3) is 0 Å². The maximum Gasteiger partial charge on any atom is 0.106 e. The maximum atomic E-state index is 5.67. The molecule has 2 rings (SSSR count). The molecule has 1 heterocycles. The summed E-state index contributed by atoms with van der Waals surface area (Å²) < 4.78 is 0. The van der Waals surface area contributed by atoms with Gasteiger partial charge in [-0.15, -0.1) is 0 Å². The van der Waals surface area contributed by atoms with Gasteiger partial charge in [0.2, 0.25) is 0 Å². The first kappa shape index (κ1) is 8.75. The maximum absolute atomic E-state index is 5.67. The van der Waals surface area contributed by atoms with E-state index >= 15 is 0 Å². The monoisotopic (exact) mass is 179 g/mol. The Hall–Kier alpha value is -0.830. The number of rotatable bonds is 2. The van der Waals surface area contributed by atoms with E-state index in [1.807, 2.05) is 0 Å². The normalized spacial score (nSPS) is 21.5. The molecule has 0 saturated carbocycles. The summed E-state index contributed by atoms with van der Waals surface area (Å²) >= 11 is 0. The summed E-state index contributed by atoms with van der Waals surface area (Å²) in [5.74, 6) is 1.79. The third-order valence-corrected chi connectivity index (χ3v) is 2.86. The van der Waals surface area contributed by atoms with Crippen LogP contribution in [0.25, 0.3) is 0 Å². The third-order valence-electron chi connectivity index (χ3n) is 2.86. The molecule has 0 saturated heterocycles. The molecule has 3 N–H and O–H groups in total. The molecule has 1 aromatic rings. The van der Waals surface area contributed by atoms with Crippen LogP contribution in [-0.2, 0) is 19.3 Å². The van der Waals surface area contributed by atoms with Gasteiger partial charge in [-0.1, -0.05) is 6.92 Å². The van der Waals surface area contributed by atoms with E-state index in [9.17, 15) is 0 Å². The van der Waals surface area contributed by atoms with Crippen LogP contribution in [0.1, 0.15) is 30.6 Å². The van der Waals surface area contributed by atoms with E-state index in [1.165, 1.54) is 17.8 Å². The van der Waals surface area contributed by atoms with Crippen LogP contribution in [0, 0.1) is 5.92 Å². The molecule has 1 atom stereocenters. The zero-order valence-electron chi connectivity index (χ0n) is 8.14. The van der Waals surface area contributed by atoms with Crippen molar-refractivity contribution in [2.75, 3.05) is 6.54 Å². The highest BCUT2D eigenvalue weighted by Gasteiger charge is 2.20. The minimum Gasteiger partial charge on any atom is -0.346 e. The third kappa shape index (κ3) is 1.61. The molecule has 0 spiro atoms. The van der Waals surface area contributed by atoms with Gasteiger partial charge in [0.15, 0.2) is 0 Å². The van der Waals surface area contributed by atoms with Crippen molar-refractivity contribution in [2.45, 2.75) is 32.6 Å². The summed E-state index contributed by atoms with van der Waals surface area (Å²) in [5, 5.41) is 0. The number of aromatic nitrogens is 2. The number of aromatic amines is 1. The van der Waals surface area contributed by atoms with Gasteiger partial charge in [-0.25, -0.2) is 4.98 Å². The smallest absolute Gasteiger partial charge is 0.106 e. The second-order valence-electron chi connectivity index (χ2n) is 3.81. The van der Waals surface area contributed by atoms with E-state index in [1.54, 1.807) is 0 Å². The lowest BCUT2D eigenvalue weighted by Gasteiger charge is -2.18. The number of hydrogen-bond acceptors (Lipinski definition) is 2. The lowest BCUT2D eigenvalue weighted by Crippen LogP contribution is -2.22. The quantitative estimate of drug-likeness (QED) is 0.712. The van der Waals surface area contributed by atoms with Crippen molar-refractivity contribution < 1.29 is 0 Å². The topological polar surface area (TPSA) is 54.7 Å². The predicted octanol–water partition coefficient (Wildman–Crippen LogP) is 1.04. The van der Waals surface area contributed by atoms with Crippen LogP contribution in [0.3, 0.4) is 0 Å². The highest BCUT2D eigenvalue weighted by molar-refractivity contribution is 5.18. The number of nitrogens with one attached hydrogen (secondary N) is 1. The highest BCUT2D eigenvalue weighted by atomic mass is 14.9.